The zero-order valence-electron chi connectivity index (χ0n) is 19.8. The number of nitrogens with one attached hydrogen (secondary N) is 1. The van der Waals surface area contributed by atoms with Crippen molar-refractivity contribution in [3.05, 3.63) is 104 Å². The van der Waals surface area contributed by atoms with Crippen molar-refractivity contribution in [2.24, 2.45) is 0 Å². The lowest BCUT2D eigenvalue weighted by Crippen LogP contribution is -2.26. The van der Waals surface area contributed by atoms with E-state index in [0.717, 1.165) is 47.2 Å². The van der Waals surface area contributed by atoms with Crippen LogP contribution in [-0.2, 0) is 13.0 Å². The number of fused-ring (bicyclic) bond motifs is 1. The normalized spacial score (nSPS) is 14.2. The van der Waals surface area contributed by atoms with Crippen LogP contribution in [0.5, 0.6) is 5.88 Å². The van der Waals surface area contributed by atoms with Gasteiger partial charge in [0.2, 0.25) is 5.88 Å². The summed E-state index contributed by atoms with van der Waals surface area (Å²) >= 11 is 18.9. The molecular formula is C28H23Cl3N4O2. The summed E-state index contributed by atoms with van der Waals surface area (Å²) in [7, 11) is 0. The minimum absolute atomic E-state index is 0.261. The molecule has 188 valence electrons. The molecule has 0 spiro atoms. The van der Waals surface area contributed by atoms with Crippen molar-refractivity contribution in [2.45, 2.75) is 32.2 Å². The predicted octanol–water partition coefficient (Wildman–Crippen LogP) is 7.78. The van der Waals surface area contributed by atoms with Gasteiger partial charge in [0, 0.05) is 34.5 Å². The summed E-state index contributed by atoms with van der Waals surface area (Å²) in [6, 6.07) is 16.6. The van der Waals surface area contributed by atoms with Gasteiger partial charge in [-0.2, -0.15) is 0 Å². The first-order valence-electron chi connectivity index (χ1n) is 11.9. The molecule has 0 atom stereocenters. The van der Waals surface area contributed by atoms with Crippen LogP contribution >= 0.6 is 34.8 Å². The molecular weight excluding hydrogens is 531 g/mol. The number of benzene rings is 2. The minimum Gasteiger partial charge on any atom is -0.389 e. The Balaban J connectivity index is 1.55. The number of carbonyl (C=O) groups excluding carboxylic acids is 1. The third-order valence-corrected chi connectivity index (χ3v) is 6.89. The van der Waals surface area contributed by atoms with Gasteiger partial charge < -0.3 is 10.1 Å². The van der Waals surface area contributed by atoms with Crippen LogP contribution in [0, 0.1) is 0 Å². The molecule has 0 saturated heterocycles. The number of rotatable bonds is 5. The summed E-state index contributed by atoms with van der Waals surface area (Å²) in [5, 5.41) is 9.16. The molecule has 0 fully saturated rings. The Hall–Kier alpha value is -3.32. The fourth-order valence-corrected chi connectivity index (χ4v) is 4.94. The van der Waals surface area contributed by atoms with Crippen molar-refractivity contribution < 1.29 is 9.53 Å². The van der Waals surface area contributed by atoms with Gasteiger partial charge in [-0.1, -0.05) is 46.9 Å². The first kappa shape index (κ1) is 25.3. The Kier molecular flexibility index (Phi) is 7.79. The Morgan fingerprint density at radius 1 is 0.973 bits per heavy atom. The van der Waals surface area contributed by atoms with E-state index in [0.29, 0.717) is 33.7 Å². The van der Waals surface area contributed by atoms with Crippen LogP contribution in [0.15, 0.2) is 67.0 Å². The first-order valence-corrected chi connectivity index (χ1v) is 13.0. The van der Waals surface area contributed by atoms with Crippen LogP contribution in [0.1, 0.15) is 41.6 Å². The molecule has 37 heavy (non-hydrogen) atoms. The highest BCUT2D eigenvalue weighted by atomic mass is 35.5. The molecule has 6 nitrogen and oxygen atoms in total. The van der Waals surface area contributed by atoms with Crippen LogP contribution in [0.25, 0.3) is 17.3 Å². The average Bonchev–Trinajstić information content (AvgIpc) is 3.09. The van der Waals surface area contributed by atoms with Crippen molar-refractivity contribution in [1.82, 2.24) is 20.1 Å². The summed E-state index contributed by atoms with van der Waals surface area (Å²) in [4.78, 5) is 16.7. The van der Waals surface area contributed by atoms with Gasteiger partial charge in [-0.15, -0.1) is 5.10 Å². The van der Waals surface area contributed by atoms with Crippen LogP contribution in [0.3, 0.4) is 0 Å². The summed E-state index contributed by atoms with van der Waals surface area (Å²) in [5.41, 5.74) is 5.38. The maximum atomic E-state index is 12.8. The van der Waals surface area contributed by atoms with Gasteiger partial charge in [-0.25, -0.2) is 9.48 Å². The summed E-state index contributed by atoms with van der Waals surface area (Å²) in [6.07, 6.45) is 8.35. The van der Waals surface area contributed by atoms with Crippen LogP contribution < -0.4 is 10.1 Å². The van der Waals surface area contributed by atoms with Gasteiger partial charge in [-0.3, -0.25) is 4.98 Å². The Morgan fingerprint density at radius 3 is 2.46 bits per heavy atom. The first-order chi connectivity index (χ1) is 18.0. The lowest BCUT2D eigenvalue weighted by molar-refractivity contribution is 0.197. The van der Waals surface area contributed by atoms with E-state index in [-0.39, 0.29) is 5.88 Å². The quantitative estimate of drug-likeness (QED) is 0.256. The van der Waals surface area contributed by atoms with Crippen LogP contribution in [0.2, 0.25) is 15.1 Å². The molecule has 1 N–H and O–H groups in total. The number of aromatic nitrogens is 3. The highest BCUT2D eigenvalue weighted by Gasteiger charge is 2.27. The molecule has 1 aliphatic rings. The summed E-state index contributed by atoms with van der Waals surface area (Å²) < 4.78 is 7.52. The van der Waals surface area contributed by atoms with E-state index >= 15 is 0 Å². The second-order valence-corrected chi connectivity index (χ2v) is 9.95. The Morgan fingerprint density at radius 2 is 1.70 bits per heavy atom. The van der Waals surface area contributed by atoms with Gasteiger partial charge >= 0.3 is 6.09 Å². The van der Waals surface area contributed by atoms with Crippen molar-refractivity contribution in [2.75, 3.05) is 0 Å². The van der Waals surface area contributed by atoms with Gasteiger partial charge in [-0.05, 0) is 90.9 Å². The number of hydrogen-bond donors (Lipinski definition) is 1. The maximum Gasteiger partial charge on any atom is 0.414 e. The predicted molar refractivity (Wildman–Crippen MR) is 148 cm³/mol. The molecule has 1 amide bonds. The molecule has 2 aromatic carbocycles. The van der Waals surface area contributed by atoms with Crippen molar-refractivity contribution in [3.63, 3.8) is 0 Å². The highest BCUT2D eigenvalue weighted by molar-refractivity contribution is 6.35. The van der Waals surface area contributed by atoms with E-state index in [9.17, 15) is 4.79 Å². The number of carbonyl (C=O) groups is 1. The highest BCUT2D eigenvalue weighted by Crippen LogP contribution is 2.39. The largest absolute Gasteiger partial charge is 0.414 e. The van der Waals surface area contributed by atoms with Gasteiger partial charge in [0.1, 0.15) is 0 Å². The zero-order chi connectivity index (χ0) is 25.8. The minimum atomic E-state index is -0.584. The fraction of sp³-hybridized carbons (Fsp3) is 0.179. The van der Waals surface area contributed by atoms with Gasteiger partial charge in [0.15, 0.2) is 0 Å². The van der Waals surface area contributed by atoms with E-state index in [1.807, 2.05) is 42.5 Å². The molecule has 2 aromatic heterocycles. The number of amides is 1. The zero-order valence-corrected chi connectivity index (χ0v) is 22.0. The Labute approximate surface area is 229 Å². The monoisotopic (exact) mass is 552 g/mol. The lowest BCUT2D eigenvalue weighted by Gasteiger charge is -2.12. The van der Waals surface area contributed by atoms with E-state index in [4.69, 9.17) is 44.6 Å². The number of hydrogen-bond acceptors (Lipinski definition) is 4. The molecule has 4 aromatic rings. The molecule has 5 rings (SSSR count). The SMILES string of the molecule is O=C(NCc1ccncc1)Oc1nn(-c2ccc(Cl)cc2Cl)c2c1CCCC/C2=C\c1ccc(Cl)cc1. The molecule has 0 unspecified atom stereocenters. The number of halogens is 3. The van der Waals surface area contributed by atoms with Gasteiger partial charge in [0.05, 0.1) is 16.4 Å². The fourth-order valence-electron chi connectivity index (χ4n) is 4.33. The van der Waals surface area contributed by atoms with E-state index in [1.165, 1.54) is 0 Å². The summed E-state index contributed by atoms with van der Waals surface area (Å²) in [6.45, 7) is 0.314. The van der Waals surface area contributed by atoms with Crippen LogP contribution in [-0.4, -0.2) is 20.9 Å². The molecule has 0 radical (unpaired) electrons. The molecule has 9 heteroatoms. The van der Waals surface area contributed by atoms with Crippen molar-refractivity contribution in [3.8, 4) is 11.6 Å². The molecule has 0 aliphatic heterocycles. The lowest BCUT2D eigenvalue weighted by atomic mass is 10.0. The third kappa shape index (κ3) is 5.99. The summed E-state index contributed by atoms with van der Waals surface area (Å²) in [5.74, 6) is 0.261. The van der Waals surface area contributed by atoms with Crippen LogP contribution in [0.4, 0.5) is 4.79 Å². The second-order valence-electron chi connectivity index (χ2n) is 8.67. The number of nitrogens with zero attached hydrogens (tertiary/aromatic N) is 3. The number of ether oxygens (including phenoxy) is 1. The smallest absolute Gasteiger partial charge is 0.389 e. The van der Waals surface area contributed by atoms with Crippen molar-refractivity contribution >= 4 is 52.5 Å². The van der Waals surface area contributed by atoms with E-state index in [2.05, 4.69) is 16.4 Å². The average molecular weight is 554 g/mol. The van der Waals surface area contributed by atoms with E-state index in [1.54, 1.807) is 29.2 Å². The number of pyridine rings is 1. The molecule has 1 aliphatic carbocycles. The second kappa shape index (κ2) is 11.4. The molecule has 2 heterocycles. The number of allylic oxidation sites excluding steroid dienone is 1. The van der Waals surface area contributed by atoms with Crippen molar-refractivity contribution in [1.29, 1.82) is 0 Å². The Bertz CT molecular complexity index is 1450. The van der Waals surface area contributed by atoms with Gasteiger partial charge in [0.25, 0.3) is 0 Å². The van der Waals surface area contributed by atoms with E-state index < -0.39 is 6.09 Å². The topological polar surface area (TPSA) is 69.0 Å². The third-order valence-electron chi connectivity index (χ3n) is 6.10. The molecule has 0 bridgehead atoms. The maximum absolute atomic E-state index is 12.8. The molecule has 0 saturated carbocycles. The standard InChI is InChI=1S/C28H23Cl3N4O2/c29-21-7-5-18(6-8-21)15-20-3-1-2-4-23-26(20)35(25-10-9-22(30)16-24(25)31)34-27(23)37-28(36)33-17-19-11-13-32-14-12-19/h5-16H,1-4,17H2,(H,33,36)/b20-15+.